The Morgan fingerprint density at radius 2 is 1.80 bits per heavy atom. The number of halogens is 1. The number of amides is 1. The van der Waals surface area contributed by atoms with E-state index in [-0.39, 0.29) is 11.4 Å². The van der Waals surface area contributed by atoms with Crippen LogP contribution in [0.2, 0.25) is 5.02 Å². The summed E-state index contributed by atoms with van der Waals surface area (Å²) in [5, 5.41) is 3.87. The highest BCUT2D eigenvalue weighted by atomic mass is 35.5. The highest BCUT2D eigenvalue weighted by Gasteiger charge is 2.51. The van der Waals surface area contributed by atoms with Crippen molar-refractivity contribution in [3.8, 4) is 0 Å². The topological polar surface area (TPSA) is 42.0 Å². The van der Waals surface area contributed by atoms with Crippen molar-refractivity contribution in [2.24, 2.45) is 17.8 Å². The van der Waals surface area contributed by atoms with Gasteiger partial charge in [0.15, 0.2) is 0 Å². The van der Waals surface area contributed by atoms with Crippen molar-refractivity contribution in [3.05, 3.63) is 29.0 Å². The fourth-order valence-corrected chi connectivity index (χ4v) is 5.26. The van der Waals surface area contributed by atoms with Crippen molar-refractivity contribution in [2.75, 3.05) is 0 Å². The van der Waals surface area contributed by atoms with Crippen LogP contribution >= 0.6 is 11.6 Å². The molecule has 4 aliphatic rings. The number of hydrogen-bond donors (Lipinski definition) is 1. The first-order valence-corrected chi connectivity index (χ1v) is 7.94. The van der Waals surface area contributed by atoms with Crippen molar-refractivity contribution in [3.63, 3.8) is 0 Å². The minimum Gasteiger partial charge on any atom is -0.345 e. The van der Waals surface area contributed by atoms with Crippen LogP contribution < -0.4 is 5.32 Å². The Morgan fingerprint density at radius 1 is 1.20 bits per heavy atom. The lowest BCUT2D eigenvalue weighted by Gasteiger charge is -2.56. The van der Waals surface area contributed by atoms with Gasteiger partial charge in [-0.05, 0) is 68.4 Å². The second kappa shape index (κ2) is 4.45. The molecule has 0 aromatic carbocycles. The number of carbonyl (C=O) groups excluding carboxylic acids is 1. The number of pyridine rings is 1. The van der Waals surface area contributed by atoms with Crippen LogP contribution in [0.1, 0.15) is 49.0 Å². The molecule has 1 aromatic heterocycles. The summed E-state index contributed by atoms with van der Waals surface area (Å²) in [6.45, 7) is 0. The summed E-state index contributed by atoms with van der Waals surface area (Å²) in [4.78, 5) is 16.6. The molecular weight excluding hydrogens is 272 g/mol. The molecule has 1 aromatic rings. The molecule has 0 atom stereocenters. The molecule has 20 heavy (non-hydrogen) atoms. The molecule has 3 nitrogen and oxygen atoms in total. The average Bonchev–Trinajstić information content (AvgIpc) is 2.36. The first-order valence-electron chi connectivity index (χ1n) is 7.56. The van der Waals surface area contributed by atoms with Crippen LogP contribution in [0.5, 0.6) is 0 Å². The smallest absolute Gasteiger partial charge is 0.270 e. The predicted molar refractivity (Wildman–Crippen MR) is 77.6 cm³/mol. The third kappa shape index (κ3) is 2.12. The Kier molecular flexibility index (Phi) is 2.81. The van der Waals surface area contributed by atoms with Crippen LogP contribution in [0.4, 0.5) is 0 Å². The predicted octanol–water partition coefficient (Wildman–Crippen LogP) is 3.43. The van der Waals surface area contributed by atoms with E-state index in [0.29, 0.717) is 10.7 Å². The molecule has 106 valence electrons. The Labute approximate surface area is 124 Å². The Hall–Kier alpha value is -1.09. The van der Waals surface area contributed by atoms with Crippen molar-refractivity contribution in [2.45, 2.75) is 44.1 Å². The second-order valence-corrected chi connectivity index (χ2v) is 7.45. The maximum absolute atomic E-state index is 12.4. The zero-order valence-corrected chi connectivity index (χ0v) is 12.2. The van der Waals surface area contributed by atoms with Gasteiger partial charge >= 0.3 is 0 Å². The Morgan fingerprint density at radius 3 is 2.35 bits per heavy atom. The van der Waals surface area contributed by atoms with Gasteiger partial charge in [-0.15, -0.1) is 0 Å². The summed E-state index contributed by atoms with van der Waals surface area (Å²) in [6.07, 6.45) is 9.21. The summed E-state index contributed by atoms with van der Waals surface area (Å²) < 4.78 is 0. The molecule has 0 spiro atoms. The van der Waals surface area contributed by atoms with E-state index in [1.165, 1.54) is 19.3 Å². The van der Waals surface area contributed by atoms with E-state index in [0.717, 1.165) is 37.0 Å². The van der Waals surface area contributed by atoms with Crippen LogP contribution in [0, 0.1) is 17.8 Å². The highest BCUT2D eigenvalue weighted by Crippen LogP contribution is 2.55. The molecule has 0 aliphatic heterocycles. The molecule has 1 amide bonds. The molecule has 1 N–H and O–H groups in total. The quantitative estimate of drug-likeness (QED) is 0.906. The number of carbonyl (C=O) groups is 1. The normalized spacial score (nSPS) is 38.0. The molecule has 4 bridgehead atoms. The molecular formula is C16H19ClN2O. The van der Waals surface area contributed by atoms with Crippen molar-refractivity contribution in [1.29, 1.82) is 0 Å². The van der Waals surface area contributed by atoms with Crippen LogP contribution in [-0.2, 0) is 0 Å². The lowest BCUT2D eigenvalue weighted by molar-refractivity contribution is -0.0167. The van der Waals surface area contributed by atoms with E-state index in [1.54, 1.807) is 18.3 Å². The molecule has 5 rings (SSSR count). The molecule has 4 aliphatic carbocycles. The number of rotatable bonds is 2. The molecule has 0 unspecified atom stereocenters. The fraction of sp³-hybridized carbons (Fsp3) is 0.625. The monoisotopic (exact) mass is 290 g/mol. The summed E-state index contributed by atoms with van der Waals surface area (Å²) in [7, 11) is 0. The lowest BCUT2D eigenvalue weighted by atomic mass is 9.53. The third-order valence-corrected chi connectivity index (χ3v) is 5.61. The molecule has 4 heteroatoms. The van der Waals surface area contributed by atoms with Gasteiger partial charge in [-0.3, -0.25) is 9.78 Å². The minimum atomic E-state index is -0.0607. The van der Waals surface area contributed by atoms with Gasteiger partial charge < -0.3 is 5.32 Å². The van der Waals surface area contributed by atoms with Crippen LogP contribution in [-0.4, -0.2) is 16.4 Å². The summed E-state index contributed by atoms with van der Waals surface area (Å²) >= 11 is 5.94. The minimum absolute atomic E-state index is 0.0375. The lowest BCUT2D eigenvalue weighted by Crippen LogP contribution is -2.59. The third-order valence-electron chi connectivity index (χ3n) is 5.37. The van der Waals surface area contributed by atoms with E-state index in [2.05, 4.69) is 10.3 Å². The van der Waals surface area contributed by atoms with Gasteiger partial charge in [-0.25, -0.2) is 0 Å². The zero-order chi connectivity index (χ0) is 13.7. The zero-order valence-electron chi connectivity index (χ0n) is 11.4. The average molecular weight is 291 g/mol. The highest BCUT2D eigenvalue weighted by molar-refractivity contribution is 6.30. The molecule has 1 heterocycles. The van der Waals surface area contributed by atoms with Crippen molar-refractivity contribution in [1.82, 2.24) is 10.3 Å². The summed E-state index contributed by atoms with van der Waals surface area (Å²) in [5.74, 6) is 2.42. The van der Waals surface area contributed by atoms with E-state index < -0.39 is 0 Å². The van der Waals surface area contributed by atoms with E-state index in [9.17, 15) is 4.79 Å². The molecule has 0 radical (unpaired) electrons. The van der Waals surface area contributed by atoms with Gasteiger partial charge in [0.1, 0.15) is 5.69 Å². The SMILES string of the molecule is O=C(NC12CC3CC(CC(C3)C1)C2)c1cc(Cl)ccn1. The van der Waals surface area contributed by atoms with Gasteiger partial charge in [0.05, 0.1) is 0 Å². The van der Waals surface area contributed by atoms with Gasteiger partial charge in [-0.1, -0.05) is 11.6 Å². The van der Waals surface area contributed by atoms with Gasteiger partial charge in [0.2, 0.25) is 0 Å². The van der Waals surface area contributed by atoms with Gasteiger partial charge in [-0.2, -0.15) is 0 Å². The van der Waals surface area contributed by atoms with Crippen molar-refractivity contribution >= 4 is 17.5 Å². The molecule has 4 saturated carbocycles. The van der Waals surface area contributed by atoms with Crippen LogP contribution in [0.3, 0.4) is 0 Å². The maximum Gasteiger partial charge on any atom is 0.270 e. The summed E-state index contributed by atoms with van der Waals surface area (Å²) in [5.41, 5.74) is 0.476. The number of hydrogen-bond acceptors (Lipinski definition) is 2. The first kappa shape index (κ1) is 12.6. The first-order chi connectivity index (χ1) is 9.62. The van der Waals surface area contributed by atoms with Crippen LogP contribution in [0.25, 0.3) is 0 Å². The van der Waals surface area contributed by atoms with Gasteiger partial charge in [0.25, 0.3) is 5.91 Å². The standard InChI is InChI=1S/C16H19ClN2O/c17-13-1-2-18-14(6-13)15(20)19-16-7-10-3-11(8-16)5-12(4-10)9-16/h1-2,6,10-12H,3-5,7-9H2,(H,19,20). The van der Waals surface area contributed by atoms with E-state index in [4.69, 9.17) is 11.6 Å². The number of nitrogens with zero attached hydrogens (tertiary/aromatic N) is 1. The Balaban J connectivity index is 1.55. The van der Waals surface area contributed by atoms with E-state index >= 15 is 0 Å². The number of aromatic nitrogens is 1. The van der Waals surface area contributed by atoms with E-state index in [1.807, 2.05) is 0 Å². The Bertz CT molecular complexity index is 522. The fourth-order valence-electron chi connectivity index (χ4n) is 5.10. The van der Waals surface area contributed by atoms with Gasteiger partial charge in [0, 0.05) is 16.8 Å². The summed E-state index contributed by atoms with van der Waals surface area (Å²) in [6, 6.07) is 3.35. The second-order valence-electron chi connectivity index (χ2n) is 7.01. The molecule has 4 fully saturated rings. The molecule has 0 saturated heterocycles. The maximum atomic E-state index is 12.4. The van der Waals surface area contributed by atoms with Crippen molar-refractivity contribution < 1.29 is 4.79 Å². The number of nitrogens with one attached hydrogen (secondary N) is 1. The largest absolute Gasteiger partial charge is 0.345 e. The van der Waals surface area contributed by atoms with Crippen LogP contribution in [0.15, 0.2) is 18.3 Å².